The highest BCUT2D eigenvalue weighted by Gasteiger charge is 2.37. The largest absolute Gasteiger partial charge is 0.482 e. The van der Waals surface area contributed by atoms with Gasteiger partial charge in [0.05, 0.1) is 4.92 Å². The van der Waals surface area contributed by atoms with Gasteiger partial charge in [0.1, 0.15) is 11.4 Å². The van der Waals surface area contributed by atoms with Gasteiger partial charge in [0.15, 0.2) is 0 Å². The third kappa shape index (κ3) is 4.05. The van der Waals surface area contributed by atoms with E-state index in [9.17, 15) is 14.9 Å². The van der Waals surface area contributed by atoms with Gasteiger partial charge < -0.3 is 15.0 Å². The molecule has 0 aromatic heterocycles. The van der Waals surface area contributed by atoms with Gasteiger partial charge in [0.25, 0.3) is 11.6 Å². The van der Waals surface area contributed by atoms with E-state index in [1.165, 1.54) is 6.07 Å². The van der Waals surface area contributed by atoms with E-state index in [0.29, 0.717) is 30.0 Å². The summed E-state index contributed by atoms with van der Waals surface area (Å²) in [5, 5.41) is 14.7. The van der Waals surface area contributed by atoms with Crippen LogP contribution in [0.1, 0.15) is 48.2 Å². The number of hydrogen-bond donors (Lipinski definition) is 1. The first kappa shape index (κ1) is 21.1. The van der Waals surface area contributed by atoms with Gasteiger partial charge in [0, 0.05) is 49.2 Å². The molecule has 0 bridgehead atoms. The van der Waals surface area contributed by atoms with E-state index in [-0.39, 0.29) is 11.6 Å². The van der Waals surface area contributed by atoms with Crippen molar-refractivity contribution < 1.29 is 14.5 Å². The Hall–Kier alpha value is -3.19. The Bertz CT molecular complexity index is 1020. The van der Waals surface area contributed by atoms with Crippen molar-refractivity contribution in [3.05, 3.63) is 75.3 Å². The second-order valence-corrected chi connectivity index (χ2v) is 7.97. The van der Waals surface area contributed by atoms with Crippen LogP contribution in [0.25, 0.3) is 5.57 Å². The predicted octanol–water partition coefficient (Wildman–Crippen LogP) is 4.02. The van der Waals surface area contributed by atoms with Gasteiger partial charge in [-0.15, -0.1) is 0 Å². The summed E-state index contributed by atoms with van der Waals surface area (Å²) in [5.74, 6) is 0.664. The van der Waals surface area contributed by atoms with Crippen molar-refractivity contribution in [2.75, 3.05) is 26.2 Å². The van der Waals surface area contributed by atoms with Crippen LogP contribution in [-0.2, 0) is 0 Å². The standard InChI is InChI=1S/C24H27N3O4/c1-3-26(4-2)23(28)18-7-5-17(6-8-18)21-16-24(11-13-25-14-12-24)31-22-10-9-19(27(29)30)15-20(21)22/h5-10,15-16,25H,3-4,11-14H2,1-2H3. The molecule has 7 heteroatoms. The molecule has 0 atom stereocenters. The maximum Gasteiger partial charge on any atom is 0.270 e. The Kier molecular flexibility index (Phi) is 5.78. The Labute approximate surface area is 181 Å². The van der Waals surface area contributed by atoms with Crippen LogP contribution in [0.15, 0.2) is 48.5 Å². The lowest BCUT2D eigenvalue weighted by atomic mass is 9.83. The minimum atomic E-state index is -0.431. The number of nitrogens with one attached hydrogen (secondary N) is 1. The number of amides is 1. The molecule has 7 nitrogen and oxygen atoms in total. The lowest BCUT2D eigenvalue weighted by Crippen LogP contribution is -2.46. The van der Waals surface area contributed by atoms with E-state index in [0.717, 1.165) is 37.1 Å². The van der Waals surface area contributed by atoms with Gasteiger partial charge in [0.2, 0.25) is 0 Å². The van der Waals surface area contributed by atoms with Crippen LogP contribution in [0.2, 0.25) is 0 Å². The first-order valence-corrected chi connectivity index (χ1v) is 10.8. The fourth-order valence-corrected chi connectivity index (χ4v) is 4.34. The first-order valence-electron chi connectivity index (χ1n) is 10.8. The number of fused-ring (bicyclic) bond motifs is 1. The molecule has 2 aromatic carbocycles. The number of ether oxygens (including phenoxy) is 1. The van der Waals surface area contributed by atoms with Crippen LogP contribution in [0.5, 0.6) is 5.75 Å². The topological polar surface area (TPSA) is 84.7 Å². The maximum absolute atomic E-state index is 12.7. The molecule has 0 aliphatic carbocycles. The average molecular weight is 421 g/mol. The molecule has 0 saturated carbocycles. The highest BCUT2D eigenvalue weighted by Crippen LogP contribution is 2.43. The molecule has 1 N–H and O–H groups in total. The summed E-state index contributed by atoms with van der Waals surface area (Å²) in [7, 11) is 0. The third-order valence-electron chi connectivity index (χ3n) is 6.13. The van der Waals surface area contributed by atoms with Gasteiger partial charge in [-0.1, -0.05) is 12.1 Å². The molecule has 0 unspecified atom stereocenters. The normalized spacial score (nSPS) is 16.8. The molecule has 4 rings (SSSR count). The summed E-state index contributed by atoms with van der Waals surface area (Å²) >= 11 is 0. The van der Waals surface area contributed by atoms with Crippen LogP contribution < -0.4 is 10.1 Å². The molecule has 1 spiro atoms. The summed E-state index contributed by atoms with van der Waals surface area (Å²) in [6, 6.07) is 12.3. The van der Waals surface area contributed by atoms with Crippen molar-refractivity contribution in [1.82, 2.24) is 10.2 Å². The zero-order chi connectivity index (χ0) is 22.0. The van der Waals surface area contributed by atoms with E-state index >= 15 is 0 Å². The number of carbonyl (C=O) groups is 1. The Balaban J connectivity index is 1.76. The Morgan fingerprint density at radius 1 is 1.13 bits per heavy atom. The van der Waals surface area contributed by atoms with Crippen LogP contribution in [0, 0.1) is 10.1 Å². The third-order valence-corrected chi connectivity index (χ3v) is 6.13. The number of nitro groups is 1. The predicted molar refractivity (Wildman–Crippen MR) is 119 cm³/mol. The second-order valence-electron chi connectivity index (χ2n) is 7.97. The minimum Gasteiger partial charge on any atom is -0.482 e. The van der Waals surface area contributed by atoms with Crippen molar-refractivity contribution in [2.24, 2.45) is 0 Å². The molecule has 162 valence electrons. The van der Waals surface area contributed by atoms with E-state index in [1.54, 1.807) is 17.0 Å². The van der Waals surface area contributed by atoms with Crippen LogP contribution in [-0.4, -0.2) is 47.5 Å². The highest BCUT2D eigenvalue weighted by molar-refractivity contribution is 5.95. The molecule has 2 aliphatic heterocycles. The lowest BCUT2D eigenvalue weighted by molar-refractivity contribution is -0.384. The number of nitro benzene ring substituents is 1. The quantitative estimate of drug-likeness (QED) is 0.582. The average Bonchev–Trinajstić information content (AvgIpc) is 2.79. The smallest absolute Gasteiger partial charge is 0.270 e. The number of nitrogens with zero attached hydrogens (tertiary/aromatic N) is 2. The van der Waals surface area contributed by atoms with Gasteiger partial charge >= 0.3 is 0 Å². The van der Waals surface area contributed by atoms with Gasteiger partial charge in [-0.05, 0) is 62.3 Å². The lowest BCUT2D eigenvalue weighted by Gasteiger charge is -2.40. The van der Waals surface area contributed by atoms with Crippen molar-refractivity contribution in [2.45, 2.75) is 32.3 Å². The molecule has 2 heterocycles. The monoisotopic (exact) mass is 421 g/mol. The molecule has 0 radical (unpaired) electrons. The number of piperidine rings is 1. The van der Waals surface area contributed by atoms with Crippen LogP contribution in [0.4, 0.5) is 5.69 Å². The number of hydrogen-bond acceptors (Lipinski definition) is 5. The summed E-state index contributed by atoms with van der Waals surface area (Å²) in [6.45, 7) is 6.95. The van der Waals surface area contributed by atoms with Crippen LogP contribution in [0.3, 0.4) is 0 Å². The SMILES string of the molecule is CCN(CC)C(=O)c1ccc(C2=CC3(CCNCC3)Oc3ccc([N+](=O)[O-])cc32)cc1. The van der Waals surface area contributed by atoms with Gasteiger partial charge in [-0.3, -0.25) is 14.9 Å². The molecule has 2 aliphatic rings. The summed E-state index contributed by atoms with van der Waals surface area (Å²) in [4.78, 5) is 25.4. The zero-order valence-corrected chi connectivity index (χ0v) is 17.9. The van der Waals surface area contributed by atoms with E-state index in [4.69, 9.17) is 4.74 Å². The minimum absolute atomic E-state index is 0.00312. The van der Waals surface area contributed by atoms with Crippen molar-refractivity contribution in [1.29, 1.82) is 0 Å². The molecular weight excluding hydrogens is 394 g/mol. The molecule has 1 fully saturated rings. The van der Waals surface area contributed by atoms with E-state index in [2.05, 4.69) is 11.4 Å². The number of rotatable bonds is 5. The summed E-state index contributed by atoms with van der Waals surface area (Å²) in [6.07, 6.45) is 3.76. The highest BCUT2D eigenvalue weighted by atomic mass is 16.6. The number of non-ortho nitro benzene ring substituents is 1. The fraction of sp³-hybridized carbons (Fsp3) is 0.375. The molecule has 1 amide bonds. The van der Waals surface area contributed by atoms with E-state index < -0.39 is 10.5 Å². The molecular formula is C24H27N3O4. The van der Waals surface area contributed by atoms with Crippen molar-refractivity contribution in [3.8, 4) is 5.75 Å². The van der Waals surface area contributed by atoms with E-state index in [1.807, 2.05) is 38.1 Å². The molecule has 31 heavy (non-hydrogen) atoms. The van der Waals surface area contributed by atoms with Gasteiger partial charge in [-0.25, -0.2) is 0 Å². The Morgan fingerprint density at radius 3 is 2.42 bits per heavy atom. The van der Waals surface area contributed by atoms with Gasteiger partial charge in [-0.2, -0.15) is 0 Å². The van der Waals surface area contributed by atoms with Crippen molar-refractivity contribution in [3.63, 3.8) is 0 Å². The fourth-order valence-electron chi connectivity index (χ4n) is 4.34. The molecule has 1 saturated heterocycles. The second kappa shape index (κ2) is 8.51. The summed E-state index contributed by atoms with van der Waals surface area (Å²) in [5.41, 5.74) is 2.77. The molecule has 2 aromatic rings. The van der Waals surface area contributed by atoms with Crippen LogP contribution >= 0.6 is 0 Å². The zero-order valence-electron chi connectivity index (χ0n) is 17.9. The first-order chi connectivity index (χ1) is 15.0. The number of benzene rings is 2. The van der Waals surface area contributed by atoms with Crippen molar-refractivity contribution >= 4 is 17.2 Å². The summed E-state index contributed by atoms with van der Waals surface area (Å²) < 4.78 is 6.37. The maximum atomic E-state index is 12.7. The Morgan fingerprint density at radius 2 is 1.81 bits per heavy atom. The number of carbonyl (C=O) groups excluding carboxylic acids is 1.